The van der Waals surface area contributed by atoms with E-state index in [9.17, 15) is 4.79 Å². The molecule has 0 unspecified atom stereocenters. The summed E-state index contributed by atoms with van der Waals surface area (Å²) in [6.07, 6.45) is 2.35. The van der Waals surface area contributed by atoms with Crippen LogP contribution in [0.1, 0.15) is 40.5 Å². The molecular formula is C13H24N2O. The number of hydrogen-bond acceptors (Lipinski definition) is 2. The second kappa shape index (κ2) is 3.73. The average molecular weight is 224 g/mol. The highest BCUT2D eigenvalue weighted by molar-refractivity contribution is 5.78. The quantitative estimate of drug-likeness (QED) is 0.790. The predicted molar refractivity (Wildman–Crippen MR) is 65.2 cm³/mol. The number of nitrogens with one attached hydrogen (secondary N) is 1. The molecule has 0 aromatic carbocycles. The van der Waals surface area contributed by atoms with Gasteiger partial charge in [0.05, 0.1) is 6.54 Å². The van der Waals surface area contributed by atoms with Crippen LogP contribution in [0, 0.1) is 10.8 Å². The summed E-state index contributed by atoms with van der Waals surface area (Å²) >= 11 is 0. The lowest BCUT2D eigenvalue weighted by Crippen LogP contribution is -2.38. The first-order valence-corrected chi connectivity index (χ1v) is 6.38. The fourth-order valence-corrected chi connectivity index (χ4v) is 2.97. The summed E-state index contributed by atoms with van der Waals surface area (Å²) < 4.78 is 0. The Balaban J connectivity index is 1.79. The number of amides is 1. The van der Waals surface area contributed by atoms with E-state index < -0.39 is 0 Å². The number of likely N-dealkylation sites (tertiary alicyclic amines) is 1. The van der Waals surface area contributed by atoms with E-state index in [2.05, 4.69) is 33.0 Å². The van der Waals surface area contributed by atoms with Crippen molar-refractivity contribution in [2.24, 2.45) is 10.8 Å². The van der Waals surface area contributed by atoms with Crippen LogP contribution in [-0.2, 0) is 4.79 Å². The third-order valence-electron chi connectivity index (χ3n) is 4.94. The number of hydrogen-bond donors (Lipinski definition) is 1. The van der Waals surface area contributed by atoms with Crippen LogP contribution in [0.3, 0.4) is 0 Å². The van der Waals surface area contributed by atoms with Crippen molar-refractivity contribution >= 4 is 5.91 Å². The van der Waals surface area contributed by atoms with Crippen molar-refractivity contribution in [1.82, 2.24) is 10.2 Å². The Kier molecular flexibility index (Phi) is 2.77. The monoisotopic (exact) mass is 224 g/mol. The van der Waals surface area contributed by atoms with Gasteiger partial charge in [0.15, 0.2) is 0 Å². The Morgan fingerprint density at radius 1 is 1.19 bits per heavy atom. The van der Waals surface area contributed by atoms with Crippen LogP contribution in [0.15, 0.2) is 0 Å². The maximum Gasteiger partial charge on any atom is 0.236 e. The highest BCUT2D eigenvalue weighted by Gasteiger charge is 2.64. The molecule has 0 spiro atoms. The summed E-state index contributed by atoms with van der Waals surface area (Å²) in [5.41, 5.74) is 0.635. The maximum atomic E-state index is 11.9. The largest absolute Gasteiger partial charge is 0.342 e. The van der Waals surface area contributed by atoms with Crippen LogP contribution in [0.25, 0.3) is 0 Å². The van der Waals surface area contributed by atoms with Crippen LogP contribution in [-0.4, -0.2) is 36.5 Å². The summed E-state index contributed by atoms with van der Waals surface area (Å²) in [6, 6.07) is 0.478. The van der Waals surface area contributed by atoms with E-state index in [1.807, 2.05) is 4.90 Å². The minimum absolute atomic E-state index is 0.274. The first-order valence-electron chi connectivity index (χ1n) is 6.38. The van der Waals surface area contributed by atoms with Gasteiger partial charge in [-0.1, -0.05) is 27.7 Å². The molecular weight excluding hydrogens is 200 g/mol. The summed E-state index contributed by atoms with van der Waals surface area (Å²) in [7, 11) is 0. The number of rotatable bonds is 3. The van der Waals surface area contributed by atoms with Crippen molar-refractivity contribution in [2.45, 2.75) is 46.6 Å². The van der Waals surface area contributed by atoms with Crippen LogP contribution in [0.2, 0.25) is 0 Å². The molecule has 3 heteroatoms. The van der Waals surface area contributed by atoms with Crippen molar-refractivity contribution in [2.75, 3.05) is 19.6 Å². The zero-order valence-corrected chi connectivity index (χ0v) is 11.0. The Morgan fingerprint density at radius 3 is 2.12 bits per heavy atom. The van der Waals surface area contributed by atoms with E-state index in [0.29, 0.717) is 23.4 Å². The maximum absolute atomic E-state index is 11.9. The molecule has 2 aliphatic rings. The van der Waals surface area contributed by atoms with Crippen molar-refractivity contribution in [3.05, 3.63) is 0 Å². The number of nitrogens with zero attached hydrogens (tertiary/aromatic N) is 1. The average Bonchev–Trinajstić information content (AvgIpc) is 2.66. The van der Waals surface area contributed by atoms with Gasteiger partial charge in [0.2, 0.25) is 5.91 Å². The summed E-state index contributed by atoms with van der Waals surface area (Å²) in [6.45, 7) is 11.5. The lowest BCUT2D eigenvalue weighted by atomic mass is 10.0. The molecule has 0 aromatic heterocycles. The molecule has 0 radical (unpaired) electrons. The fraction of sp³-hybridized carbons (Fsp3) is 0.923. The SMILES string of the molecule is CC1(C)C(NCC(=O)N2CCCC2)C1(C)C. The molecule has 1 heterocycles. The summed E-state index contributed by atoms with van der Waals surface area (Å²) in [5, 5.41) is 3.42. The van der Waals surface area contributed by atoms with Gasteiger partial charge in [-0.2, -0.15) is 0 Å². The van der Waals surface area contributed by atoms with Gasteiger partial charge in [-0.3, -0.25) is 4.79 Å². The molecule has 1 saturated heterocycles. The van der Waals surface area contributed by atoms with E-state index in [4.69, 9.17) is 0 Å². The molecule has 1 aliphatic carbocycles. The van der Waals surface area contributed by atoms with Gasteiger partial charge in [-0.15, -0.1) is 0 Å². The van der Waals surface area contributed by atoms with Gasteiger partial charge in [-0.05, 0) is 23.7 Å². The van der Waals surface area contributed by atoms with Crippen molar-refractivity contribution < 1.29 is 4.79 Å². The Labute approximate surface area is 98.6 Å². The third-order valence-corrected chi connectivity index (χ3v) is 4.94. The van der Waals surface area contributed by atoms with Crippen molar-refractivity contribution in [3.63, 3.8) is 0 Å². The molecule has 2 fully saturated rings. The molecule has 92 valence electrons. The second-order valence-electron chi connectivity index (χ2n) is 6.35. The fourth-order valence-electron chi connectivity index (χ4n) is 2.97. The summed E-state index contributed by atoms with van der Waals surface area (Å²) in [4.78, 5) is 13.8. The zero-order chi connectivity index (χ0) is 12.0. The first kappa shape index (κ1) is 11.9. The molecule has 2 rings (SSSR count). The first-order chi connectivity index (χ1) is 7.37. The lowest BCUT2D eigenvalue weighted by molar-refractivity contribution is -0.129. The van der Waals surface area contributed by atoms with E-state index in [-0.39, 0.29) is 5.91 Å². The number of carbonyl (C=O) groups excluding carboxylic acids is 1. The molecule has 1 amide bonds. The van der Waals surface area contributed by atoms with Crippen molar-refractivity contribution in [3.8, 4) is 0 Å². The van der Waals surface area contributed by atoms with E-state index in [1.165, 1.54) is 12.8 Å². The molecule has 1 N–H and O–H groups in total. The molecule has 1 saturated carbocycles. The minimum atomic E-state index is 0.274. The van der Waals surface area contributed by atoms with Gasteiger partial charge in [0, 0.05) is 19.1 Å². The smallest absolute Gasteiger partial charge is 0.236 e. The van der Waals surface area contributed by atoms with Crippen LogP contribution in [0.5, 0.6) is 0 Å². The highest BCUT2D eigenvalue weighted by Crippen LogP contribution is 2.62. The van der Waals surface area contributed by atoms with E-state index in [0.717, 1.165) is 13.1 Å². The van der Waals surface area contributed by atoms with Gasteiger partial charge in [0.25, 0.3) is 0 Å². The second-order valence-corrected chi connectivity index (χ2v) is 6.35. The molecule has 0 aromatic rings. The van der Waals surface area contributed by atoms with Crippen LogP contribution in [0.4, 0.5) is 0 Å². The molecule has 0 atom stereocenters. The Hall–Kier alpha value is -0.570. The molecule has 16 heavy (non-hydrogen) atoms. The van der Waals surface area contributed by atoms with Gasteiger partial charge < -0.3 is 10.2 Å². The standard InChI is InChI=1S/C13H24N2O/c1-12(2)11(13(12,3)4)14-9-10(16)15-7-5-6-8-15/h11,14H,5-9H2,1-4H3. The van der Waals surface area contributed by atoms with Gasteiger partial charge >= 0.3 is 0 Å². The summed E-state index contributed by atoms with van der Waals surface area (Å²) in [5.74, 6) is 0.274. The Morgan fingerprint density at radius 2 is 1.69 bits per heavy atom. The molecule has 1 aliphatic heterocycles. The van der Waals surface area contributed by atoms with Crippen LogP contribution < -0.4 is 5.32 Å². The Bertz CT molecular complexity index is 276. The topological polar surface area (TPSA) is 32.3 Å². The zero-order valence-electron chi connectivity index (χ0n) is 11.0. The van der Waals surface area contributed by atoms with Crippen molar-refractivity contribution in [1.29, 1.82) is 0 Å². The third kappa shape index (κ3) is 1.75. The minimum Gasteiger partial charge on any atom is -0.342 e. The number of carbonyl (C=O) groups is 1. The predicted octanol–water partition coefficient (Wildman–Crippen LogP) is 1.63. The molecule has 3 nitrogen and oxygen atoms in total. The van der Waals surface area contributed by atoms with Gasteiger partial charge in [0.1, 0.15) is 0 Å². The lowest BCUT2D eigenvalue weighted by Gasteiger charge is -2.16. The van der Waals surface area contributed by atoms with E-state index in [1.54, 1.807) is 0 Å². The van der Waals surface area contributed by atoms with Crippen LogP contribution >= 0.6 is 0 Å². The van der Waals surface area contributed by atoms with Gasteiger partial charge in [-0.25, -0.2) is 0 Å². The molecule has 0 bridgehead atoms. The highest BCUT2D eigenvalue weighted by atomic mass is 16.2. The normalized spacial score (nSPS) is 27.1. The van der Waals surface area contributed by atoms with E-state index >= 15 is 0 Å².